The Morgan fingerprint density at radius 3 is 2.57 bits per heavy atom. The van der Waals surface area contributed by atoms with Crippen LogP contribution in [0.25, 0.3) is 0 Å². The maximum absolute atomic E-state index is 12.1. The zero-order chi connectivity index (χ0) is 15.1. The number of para-hydroxylation sites is 1. The Bertz CT molecular complexity index is 659. The molecule has 21 heavy (non-hydrogen) atoms. The number of ether oxygens (including phenoxy) is 1. The third-order valence-electron chi connectivity index (χ3n) is 3.02. The molecule has 0 saturated heterocycles. The lowest BCUT2D eigenvalue weighted by Crippen LogP contribution is -2.05. The Labute approximate surface area is 127 Å². The Balaban J connectivity index is 1.81. The largest absolute Gasteiger partial charge is 0.492 e. The fraction of sp³-hybridized carbons (Fsp3) is 0.235. The molecule has 0 heterocycles. The van der Waals surface area contributed by atoms with Crippen LogP contribution in [-0.4, -0.2) is 16.6 Å². The van der Waals surface area contributed by atoms with Gasteiger partial charge in [0.25, 0.3) is 0 Å². The molecular weight excluding hydrogens is 282 g/mol. The van der Waals surface area contributed by atoms with Crippen LogP contribution in [0.4, 0.5) is 0 Å². The fourth-order valence-electron chi connectivity index (χ4n) is 1.86. The molecule has 0 radical (unpaired) electrons. The molecular formula is C17H17NO2S. The number of hydrogen-bond acceptors (Lipinski definition) is 3. The number of nitriles is 1. The summed E-state index contributed by atoms with van der Waals surface area (Å²) in [5.74, 6) is 1.14. The highest BCUT2D eigenvalue weighted by Crippen LogP contribution is 2.17. The maximum Gasteiger partial charge on any atom is 0.137 e. The van der Waals surface area contributed by atoms with Crippen LogP contribution in [0.2, 0.25) is 0 Å². The van der Waals surface area contributed by atoms with Gasteiger partial charge in [-0.2, -0.15) is 5.26 Å². The molecule has 108 valence electrons. The molecule has 0 aromatic heterocycles. The van der Waals surface area contributed by atoms with E-state index < -0.39 is 10.8 Å². The van der Waals surface area contributed by atoms with Gasteiger partial charge in [0, 0.05) is 10.6 Å². The molecule has 2 rings (SSSR count). The molecule has 0 aliphatic rings. The Morgan fingerprint density at radius 1 is 1.14 bits per heavy atom. The Kier molecular flexibility index (Phi) is 5.53. The second-order valence-electron chi connectivity index (χ2n) is 4.67. The van der Waals surface area contributed by atoms with E-state index >= 15 is 0 Å². The van der Waals surface area contributed by atoms with Crippen LogP contribution in [0.5, 0.6) is 5.75 Å². The van der Waals surface area contributed by atoms with Gasteiger partial charge in [-0.05, 0) is 37.6 Å². The number of benzene rings is 2. The number of nitrogens with zero attached hydrogens (tertiary/aromatic N) is 1. The lowest BCUT2D eigenvalue weighted by Gasteiger charge is -2.07. The van der Waals surface area contributed by atoms with Crippen LogP contribution in [0.1, 0.15) is 17.5 Å². The smallest absolute Gasteiger partial charge is 0.137 e. The summed E-state index contributed by atoms with van der Waals surface area (Å²) < 4.78 is 17.7. The Hall–Kier alpha value is -2.12. The average molecular weight is 299 g/mol. The van der Waals surface area contributed by atoms with Crippen LogP contribution in [0.15, 0.2) is 53.4 Å². The predicted molar refractivity (Wildman–Crippen MR) is 83.7 cm³/mol. The third kappa shape index (κ3) is 4.44. The highest BCUT2D eigenvalue weighted by molar-refractivity contribution is 7.85. The van der Waals surface area contributed by atoms with Crippen molar-refractivity contribution in [2.45, 2.75) is 18.2 Å². The first kappa shape index (κ1) is 15.3. The van der Waals surface area contributed by atoms with Crippen molar-refractivity contribution in [3.8, 4) is 11.8 Å². The van der Waals surface area contributed by atoms with Gasteiger partial charge in [0.15, 0.2) is 0 Å². The molecule has 0 aliphatic carbocycles. The minimum atomic E-state index is -1.00. The van der Waals surface area contributed by atoms with Gasteiger partial charge in [0.05, 0.1) is 23.0 Å². The first-order chi connectivity index (χ1) is 10.2. The SMILES string of the molecule is Cc1ccc(S(=O)CCCOc2ccccc2C#N)cc1. The summed E-state index contributed by atoms with van der Waals surface area (Å²) in [5.41, 5.74) is 1.68. The molecule has 4 heteroatoms. The van der Waals surface area contributed by atoms with Crippen LogP contribution in [0, 0.1) is 18.3 Å². The second-order valence-corrected chi connectivity index (χ2v) is 6.24. The van der Waals surface area contributed by atoms with Crippen molar-refractivity contribution in [2.24, 2.45) is 0 Å². The van der Waals surface area contributed by atoms with Crippen molar-refractivity contribution in [1.29, 1.82) is 5.26 Å². The summed E-state index contributed by atoms with van der Waals surface area (Å²) in [6.45, 7) is 2.46. The molecule has 0 amide bonds. The van der Waals surface area contributed by atoms with E-state index in [9.17, 15) is 4.21 Å². The minimum Gasteiger partial charge on any atom is -0.492 e. The molecule has 0 fully saturated rings. The van der Waals surface area contributed by atoms with Crippen LogP contribution < -0.4 is 4.74 Å². The van der Waals surface area contributed by atoms with Crippen molar-refractivity contribution in [3.63, 3.8) is 0 Å². The molecule has 0 N–H and O–H groups in total. The fourth-order valence-corrected chi connectivity index (χ4v) is 2.92. The van der Waals surface area contributed by atoms with Crippen molar-refractivity contribution in [3.05, 3.63) is 59.7 Å². The first-order valence-electron chi connectivity index (χ1n) is 6.77. The maximum atomic E-state index is 12.1. The van der Waals surface area contributed by atoms with Crippen molar-refractivity contribution in [2.75, 3.05) is 12.4 Å². The summed E-state index contributed by atoms with van der Waals surface area (Å²) in [4.78, 5) is 0.845. The van der Waals surface area contributed by atoms with Gasteiger partial charge >= 0.3 is 0 Å². The normalized spacial score (nSPS) is 11.6. The molecule has 1 unspecified atom stereocenters. The molecule has 3 nitrogen and oxygen atoms in total. The van der Waals surface area contributed by atoms with E-state index in [4.69, 9.17) is 10.00 Å². The summed E-state index contributed by atoms with van der Waals surface area (Å²) in [6, 6.07) is 17.0. The van der Waals surface area contributed by atoms with Gasteiger partial charge in [-0.3, -0.25) is 4.21 Å². The Morgan fingerprint density at radius 2 is 1.86 bits per heavy atom. The van der Waals surface area contributed by atoms with E-state index in [1.807, 2.05) is 37.3 Å². The van der Waals surface area contributed by atoms with E-state index in [-0.39, 0.29) is 0 Å². The number of aryl methyl sites for hydroxylation is 1. The van der Waals surface area contributed by atoms with Gasteiger partial charge in [-0.1, -0.05) is 29.8 Å². The summed E-state index contributed by atoms with van der Waals surface area (Å²) >= 11 is 0. The predicted octanol–water partition coefficient (Wildman–Crippen LogP) is 3.44. The standard InChI is InChI=1S/C17H17NO2S/c1-14-7-9-16(10-8-14)21(19)12-4-11-20-17-6-3-2-5-15(17)13-18/h2-3,5-10H,4,11-12H2,1H3. The van der Waals surface area contributed by atoms with Crippen LogP contribution >= 0.6 is 0 Å². The van der Waals surface area contributed by atoms with Crippen LogP contribution in [0.3, 0.4) is 0 Å². The lowest BCUT2D eigenvalue weighted by molar-refractivity contribution is 0.317. The second kappa shape index (κ2) is 7.61. The van der Waals surface area contributed by atoms with Gasteiger partial charge in [0.1, 0.15) is 11.8 Å². The van der Waals surface area contributed by atoms with Crippen molar-refractivity contribution in [1.82, 2.24) is 0 Å². The van der Waals surface area contributed by atoms with Gasteiger partial charge in [0.2, 0.25) is 0 Å². The molecule has 0 saturated carbocycles. The zero-order valence-corrected chi connectivity index (χ0v) is 12.7. The third-order valence-corrected chi connectivity index (χ3v) is 4.48. The minimum absolute atomic E-state index is 0.455. The summed E-state index contributed by atoms with van der Waals surface area (Å²) in [6.07, 6.45) is 0.681. The average Bonchev–Trinajstić information content (AvgIpc) is 2.52. The summed E-state index contributed by atoms with van der Waals surface area (Å²) in [7, 11) is -1.00. The highest BCUT2D eigenvalue weighted by Gasteiger charge is 2.05. The molecule has 2 aromatic rings. The number of rotatable bonds is 6. The molecule has 1 atom stereocenters. The van der Waals surface area contributed by atoms with E-state index in [1.165, 1.54) is 0 Å². The summed E-state index contributed by atoms with van der Waals surface area (Å²) in [5, 5.41) is 8.96. The van der Waals surface area contributed by atoms with Gasteiger partial charge in [-0.25, -0.2) is 0 Å². The van der Waals surface area contributed by atoms with E-state index in [2.05, 4.69) is 6.07 Å². The highest BCUT2D eigenvalue weighted by atomic mass is 32.2. The molecule has 2 aromatic carbocycles. The quantitative estimate of drug-likeness (QED) is 0.768. The van der Waals surface area contributed by atoms with Gasteiger partial charge < -0.3 is 4.74 Å². The van der Waals surface area contributed by atoms with Gasteiger partial charge in [-0.15, -0.1) is 0 Å². The topological polar surface area (TPSA) is 50.1 Å². The molecule has 0 aliphatic heterocycles. The lowest BCUT2D eigenvalue weighted by atomic mass is 10.2. The van der Waals surface area contributed by atoms with E-state index in [0.717, 1.165) is 10.5 Å². The van der Waals surface area contributed by atoms with Crippen molar-refractivity contribution < 1.29 is 8.95 Å². The molecule has 0 bridgehead atoms. The van der Waals surface area contributed by atoms with Crippen molar-refractivity contribution >= 4 is 10.8 Å². The first-order valence-corrected chi connectivity index (χ1v) is 8.09. The van der Waals surface area contributed by atoms with E-state index in [1.54, 1.807) is 18.2 Å². The van der Waals surface area contributed by atoms with Crippen LogP contribution in [-0.2, 0) is 10.8 Å². The molecule has 0 spiro atoms. The van der Waals surface area contributed by atoms with E-state index in [0.29, 0.717) is 30.1 Å². The number of hydrogen-bond donors (Lipinski definition) is 0. The monoisotopic (exact) mass is 299 g/mol. The zero-order valence-electron chi connectivity index (χ0n) is 11.9.